The summed E-state index contributed by atoms with van der Waals surface area (Å²) in [5.74, 6) is 0.970. The third-order valence-electron chi connectivity index (χ3n) is 5.82. The Morgan fingerprint density at radius 1 is 1.18 bits per heavy atom. The van der Waals surface area contributed by atoms with E-state index in [9.17, 15) is 4.79 Å². The number of carbonyl (C=O) groups excluding carboxylic acids is 1. The molecule has 0 spiro atoms. The van der Waals surface area contributed by atoms with E-state index < -0.39 is 5.54 Å². The van der Waals surface area contributed by atoms with Gasteiger partial charge >= 0.3 is 0 Å². The van der Waals surface area contributed by atoms with Gasteiger partial charge in [-0.3, -0.25) is 14.7 Å². The van der Waals surface area contributed by atoms with E-state index in [1.807, 2.05) is 19.1 Å². The summed E-state index contributed by atoms with van der Waals surface area (Å²) in [5, 5.41) is 7.18. The van der Waals surface area contributed by atoms with E-state index in [2.05, 4.69) is 25.3 Å². The largest absolute Gasteiger partial charge is 0.379 e. The first-order valence-corrected chi connectivity index (χ1v) is 10.1. The number of hydrogen-bond donors (Lipinski definition) is 1. The Morgan fingerprint density at radius 3 is 2.61 bits per heavy atom. The molecule has 28 heavy (non-hydrogen) atoms. The zero-order valence-electron chi connectivity index (χ0n) is 16.3. The van der Waals surface area contributed by atoms with Crippen LogP contribution < -0.4 is 5.32 Å². The molecule has 3 heterocycles. The molecule has 0 bridgehead atoms. The summed E-state index contributed by atoms with van der Waals surface area (Å²) < 4.78 is 10.9. The Labute approximate surface area is 164 Å². The maximum absolute atomic E-state index is 13.4. The molecule has 8 heteroatoms. The molecule has 1 atom stereocenters. The SMILES string of the molecule is C[C@H](NC(=O)C1(N2CCOCC2)CCCCC1)c1nc(-c2ccncc2)no1. The Hall–Kier alpha value is -2.32. The Bertz CT molecular complexity index is 782. The first kappa shape index (κ1) is 19.0. The Balaban J connectivity index is 1.48. The van der Waals surface area contributed by atoms with Crippen LogP contribution in [0, 0.1) is 0 Å². The second-order valence-corrected chi connectivity index (χ2v) is 7.58. The molecule has 4 rings (SSSR count). The first-order valence-electron chi connectivity index (χ1n) is 10.1. The lowest BCUT2D eigenvalue weighted by Gasteiger charge is -2.46. The molecule has 2 aromatic rings. The lowest BCUT2D eigenvalue weighted by Crippen LogP contribution is -2.62. The van der Waals surface area contributed by atoms with Crippen LogP contribution in [0.15, 0.2) is 29.0 Å². The summed E-state index contributed by atoms with van der Waals surface area (Å²) in [7, 11) is 0. The van der Waals surface area contributed by atoms with Gasteiger partial charge in [0.25, 0.3) is 0 Å². The summed E-state index contributed by atoms with van der Waals surface area (Å²) in [6.45, 7) is 4.85. The highest BCUT2D eigenvalue weighted by molar-refractivity contribution is 5.86. The Morgan fingerprint density at radius 2 is 1.89 bits per heavy atom. The fraction of sp³-hybridized carbons (Fsp3) is 0.600. The van der Waals surface area contributed by atoms with Crippen LogP contribution in [0.5, 0.6) is 0 Å². The number of nitrogens with one attached hydrogen (secondary N) is 1. The second kappa shape index (κ2) is 8.36. The molecule has 0 unspecified atom stereocenters. The van der Waals surface area contributed by atoms with E-state index in [1.54, 1.807) is 12.4 Å². The third-order valence-corrected chi connectivity index (χ3v) is 5.82. The van der Waals surface area contributed by atoms with Gasteiger partial charge in [0.1, 0.15) is 11.6 Å². The van der Waals surface area contributed by atoms with Crippen molar-refractivity contribution in [2.45, 2.75) is 50.6 Å². The van der Waals surface area contributed by atoms with E-state index in [-0.39, 0.29) is 11.9 Å². The van der Waals surface area contributed by atoms with Gasteiger partial charge in [-0.1, -0.05) is 24.4 Å². The summed E-state index contributed by atoms with van der Waals surface area (Å²) >= 11 is 0. The van der Waals surface area contributed by atoms with Crippen molar-refractivity contribution < 1.29 is 14.1 Å². The average molecular weight is 385 g/mol. The van der Waals surface area contributed by atoms with Crippen LogP contribution in [-0.2, 0) is 9.53 Å². The van der Waals surface area contributed by atoms with Crippen molar-refractivity contribution in [1.82, 2.24) is 25.3 Å². The minimum atomic E-state index is -0.454. The molecule has 2 aromatic heterocycles. The molecule has 1 saturated carbocycles. The number of nitrogens with zero attached hydrogens (tertiary/aromatic N) is 4. The molecule has 1 aliphatic carbocycles. The minimum Gasteiger partial charge on any atom is -0.379 e. The number of carbonyl (C=O) groups is 1. The standard InChI is InChI=1S/C20H27N5O3/c1-15(18-23-17(24-28-18)16-5-9-21-10-6-16)22-19(26)20(7-3-2-4-8-20)25-11-13-27-14-12-25/h5-6,9-10,15H,2-4,7-8,11-14H2,1H3,(H,22,26)/t15-/m0/s1. The van der Waals surface area contributed by atoms with Crippen molar-refractivity contribution in [2.75, 3.05) is 26.3 Å². The molecular weight excluding hydrogens is 358 g/mol. The van der Waals surface area contributed by atoms with Gasteiger partial charge in [-0.25, -0.2) is 0 Å². The molecular formula is C20H27N5O3. The van der Waals surface area contributed by atoms with Crippen molar-refractivity contribution in [3.63, 3.8) is 0 Å². The van der Waals surface area contributed by atoms with Crippen molar-refractivity contribution >= 4 is 5.91 Å². The number of morpholine rings is 1. The van der Waals surface area contributed by atoms with E-state index in [0.717, 1.165) is 44.3 Å². The highest BCUT2D eigenvalue weighted by Crippen LogP contribution is 2.35. The number of ether oxygens (including phenoxy) is 1. The lowest BCUT2D eigenvalue weighted by atomic mass is 9.79. The van der Waals surface area contributed by atoms with Crippen LogP contribution in [0.25, 0.3) is 11.4 Å². The highest BCUT2D eigenvalue weighted by Gasteiger charge is 2.45. The number of hydrogen-bond acceptors (Lipinski definition) is 7. The highest BCUT2D eigenvalue weighted by atomic mass is 16.5. The third kappa shape index (κ3) is 3.79. The van der Waals surface area contributed by atoms with Gasteiger partial charge in [-0.15, -0.1) is 0 Å². The zero-order valence-corrected chi connectivity index (χ0v) is 16.3. The number of amides is 1. The molecule has 150 valence electrons. The van der Waals surface area contributed by atoms with Crippen molar-refractivity contribution in [2.24, 2.45) is 0 Å². The summed E-state index contributed by atoms with van der Waals surface area (Å²) in [5.41, 5.74) is 0.380. The smallest absolute Gasteiger partial charge is 0.249 e. The normalized spacial score (nSPS) is 21.2. The first-order chi connectivity index (χ1) is 13.7. The predicted molar refractivity (Wildman–Crippen MR) is 102 cm³/mol. The quantitative estimate of drug-likeness (QED) is 0.844. The van der Waals surface area contributed by atoms with Crippen LogP contribution in [0.1, 0.15) is 51.0 Å². The minimum absolute atomic E-state index is 0.0604. The molecule has 0 radical (unpaired) electrons. The molecule has 0 aromatic carbocycles. The van der Waals surface area contributed by atoms with E-state index in [0.29, 0.717) is 24.9 Å². The summed E-state index contributed by atoms with van der Waals surface area (Å²) in [4.78, 5) is 24.2. The molecule has 1 aliphatic heterocycles. The van der Waals surface area contributed by atoms with E-state index >= 15 is 0 Å². The predicted octanol–water partition coefficient (Wildman–Crippen LogP) is 2.34. The van der Waals surface area contributed by atoms with Crippen LogP contribution in [0.3, 0.4) is 0 Å². The Kier molecular flexibility index (Phi) is 5.68. The maximum Gasteiger partial charge on any atom is 0.249 e. The fourth-order valence-corrected chi connectivity index (χ4v) is 4.24. The zero-order chi connectivity index (χ0) is 19.4. The van der Waals surface area contributed by atoms with Gasteiger partial charge in [-0.2, -0.15) is 4.98 Å². The molecule has 2 fully saturated rings. The summed E-state index contributed by atoms with van der Waals surface area (Å²) in [6.07, 6.45) is 8.48. The molecule has 1 N–H and O–H groups in total. The van der Waals surface area contributed by atoms with Crippen molar-refractivity contribution in [3.8, 4) is 11.4 Å². The maximum atomic E-state index is 13.4. The van der Waals surface area contributed by atoms with Crippen LogP contribution in [0.4, 0.5) is 0 Å². The van der Waals surface area contributed by atoms with Gasteiger partial charge in [0.05, 0.1) is 13.2 Å². The van der Waals surface area contributed by atoms with Crippen LogP contribution in [-0.4, -0.2) is 57.8 Å². The molecule has 1 saturated heterocycles. The van der Waals surface area contributed by atoms with Gasteiger partial charge < -0.3 is 14.6 Å². The monoisotopic (exact) mass is 385 g/mol. The van der Waals surface area contributed by atoms with Gasteiger partial charge in [0, 0.05) is 31.0 Å². The topological polar surface area (TPSA) is 93.4 Å². The van der Waals surface area contributed by atoms with Gasteiger partial charge in [-0.05, 0) is 31.9 Å². The average Bonchev–Trinajstić information content (AvgIpc) is 3.26. The van der Waals surface area contributed by atoms with Gasteiger partial charge in [0.15, 0.2) is 0 Å². The number of aromatic nitrogens is 3. The van der Waals surface area contributed by atoms with Crippen molar-refractivity contribution in [3.05, 3.63) is 30.4 Å². The van der Waals surface area contributed by atoms with Crippen LogP contribution in [0.2, 0.25) is 0 Å². The summed E-state index contributed by atoms with van der Waals surface area (Å²) in [6, 6.07) is 3.30. The van der Waals surface area contributed by atoms with Gasteiger partial charge in [0.2, 0.25) is 17.6 Å². The number of pyridine rings is 1. The molecule has 8 nitrogen and oxygen atoms in total. The molecule has 1 amide bonds. The van der Waals surface area contributed by atoms with E-state index in [1.165, 1.54) is 6.42 Å². The number of rotatable bonds is 5. The van der Waals surface area contributed by atoms with E-state index in [4.69, 9.17) is 9.26 Å². The van der Waals surface area contributed by atoms with Crippen LogP contribution >= 0.6 is 0 Å². The second-order valence-electron chi connectivity index (χ2n) is 7.58. The molecule has 2 aliphatic rings. The lowest BCUT2D eigenvalue weighted by molar-refractivity contribution is -0.141. The van der Waals surface area contributed by atoms with Crippen molar-refractivity contribution in [1.29, 1.82) is 0 Å². The fourth-order valence-electron chi connectivity index (χ4n) is 4.24.